The van der Waals surface area contributed by atoms with E-state index in [1.54, 1.807) is 124 Å². The predicted octanol–water partition coefficient (Wildman–Crippen LogP) is 13.4. The number of rotatable bonds is 22. The number of aliphatic imine (C=N–C) groups is 1. The summed E-state index contributed by atoms with van der Waals surface area (Å²) in [6.45, 7) is 15.6. The summed E-state index contributed by atoms with van der Waals surface area (Å²) in [5.74, 6) is 6.49. The minimum atomic E-state index is -0.905. The molecule has 8 atom stereocenters. The number of amides is 3. The van der Waals surface area contributed by atoms with Crippen LogP contribution in [-0.4, -0.2) is 202 Å². The number of benzene rings is 1. The normalized spacial score (nSPS) is 15.8. The molecule has 0 bridgehead atoms. The Morgan fingerprint density at radius 2 is 1.14 bits per heavy atom. The van der Waals surface area contributed by atoms with E-state index in [2.05, 4.69) is 230 Å². The van der Waals surface area contributed by atoms with Crippen molar-refractivity contribution in [3.8, 4) is 24.2 Å². The monoisotopic (exact) mass is 2340 g/mol. The molecule has 12 rings (SSSR count). The Morgan fingerprint density at radius 3 is 1.55 bits per heavy atom. The molecule has 0 radical (unpaired) electrons. The second-order valence-corrected chi connectivity index (χ2v) is 29.9. The molecule has 644 valence electrons. The number of alkyl carbamates (subject to hydrolysis) is 1. The summed E-state index contributed by atoms with van der Waals surface area (Å²) in [6.07, 6.45) is 23.9. The number of non-ortho nitro benzene ring substituents is 1. The van der Waals surface area contributed by atoms with Crippen molar-refractivity contribution in [1.82, 2.24) is 50.0 Å². The van der Waals surface area contributed by atoms with E-state index in [0.717, 1.165) is 53.0 Å². The molecule has 11 heterocycles. The first-order valence-electron chi connectivity index (χ1n) is 34.1. The summed E-state index contributed by atoms with van der Waals surface area (Å²) in [5, 5.41) is 56.8. The number of halogens is 9. The molecule has 8 aromatic rings. The van der Waals surface area contributed by atoms with Crippen molar-refractivity contribution in [2.45, 2.75) is 56.1 Å². The molecule has 0 aliphatic carbocycles. The number of terminal acetylenes is 1. The van der Waals surface area contributed by atoms with Crippen molar-refractivity contribution in [1.29, 1.82) is 0 Å². The first-order chi connectivity index (χ1) is 57.3. The number of hydrogen-bond donors (Lipinski definition) is 6. The third kappa shape index (κ3) is 44.9. The van der Waals surface area contributed by atoms with Gasteiger partial charge in [0, 0.05) is 106 Å². The number of nitrogens with one attached hydrogen (secondary N) is 1. The molecule has 7 aromatic heterocycles. The van der Waals surface area contributed by atoms with Gasteiger partial charge < -0.3 is 60.7 Å². The summed E-state index contributed by atoms with van der Waals surface area (Å²) < 4.78 is 38.5. The van der Waals surface area contributed by atoms with E-state index in [-0.39, 0.29) is 127 Å². The van der Waals surface area contributed by atoms with Gasteiger partial charge in [-0.3, -0.25) is 44.8 Å². The number of carbonyl (C=O) groups is 4. The summed E-state index contributed by atoms with van der Waals surface area (Å²) in [5.41, 5.74) is 4.19. The second kappa shape index (κ2) is 65.6. The number of pyridine rings is 7. The van der Waals surface area contributed by atoms with E-state index < -0.39 is 53.5 Å². The molecular formula is C80H81Br8CuIN12NaO18. The van der Waals surface area contributed by atoms with Gasteiger partial charge in [0.1, 0.15) is 85.9 Å². The van der Waals surface area contributed by atoms with Gasteiger partial charge in [-0.05, 0) is 236 Å². The van der Waals surface area contributed by atoms with Crippen LogP contribution >= 0.6 is 148 Å². The quantitative estimate of drug-likeness (QED) is 0.00298. The smallest absolute Gasteiger partial charge is 1.00 e. The number of ether oxygens (including phenoxy) is 6. The van der Waals surface area contributed by atoms with Gasteiger partial charge in [-0.25, -0.2) is 38.9 Å². The first kappa shape index (κ1) is 112. The SMILES string of the molecule is Brc1ccc(Br)nc1.C.C#CCO.C=CCN1C(=O)OC[C@@H]1[C@@H](O)c1ccc(Br)cn1.C=CCN1C(=O)OC[C@@H]1[C@H](OC(=O)c1ccc([N+](=O)[O-])cc1)c1ccc(Br)cn1.C=CCN=C=O.C=CCNC(=O)OC[C@@H]1O[C@H]1c1ccc(Br)cn1.OC/C=C/c1ccc(Br)cn1.OCC#Cc1ccc(Br)cn1.OC[C@@H]1O[C@H]1c1ccc(Br)cn1.[Cu][I].[H-].[Na+]. The predicted molar refractivity (Wildman–Crippen MR) is 484 cm³/mol. The van der Waals surface area contributed by atoms with Crippen LogP contribution in [0.2, 0.25) is 0 Å². The van der Waals surface area contributed by atoms with E-state index in [1.165, 1.54) is 46.2 Å². The second-order valence-electron chi connectivity index (χ2n) is 22.7. The van der Waals surface area contributed by atoms with Crippen LogP contribution in [0.3, 0.4) is 0 Å². The van der Waals surface area contributed by atoms with Gasteiger partial charge in [0.2, 0.25) is 6.08 Å². The van der Waals surface area contributed by atoms with Gasteiger partial charge in [-0.1, -0.05) is 49.6 Å². The number of carbonyl (C=O) groups excluding carboxylic acids is 5. The average molecular weight is 2350 g/mol. The maximum Gasteiger partial charge on any atom is 1.00 e. The average Bonchev–Trinajstić information content (AvgIpc) is 1.62. The Balaban J connectivity index is 0.00000141. The van der Waals surface area contributed by atoms with E-state index >= 15 is 0 Å². The number of nitro benzene ring substituents is 1. The molecule has 1 aromatic carbocycles. The minimum Gasteiger partial charge on any atom is -1.00 e. The van der Waals surface area contributed by atoms with Crippen LogP contribution in [0.5, 0.6) is 0 Å². The van der Waals surface area contributed by atoms with Crippen LogP contribution in [0, 0.1) is 34.3 Å². The minimum absolute atomic E-state index is 0. The van der Waals surface area contributed by atoms with Crippen molar-refractivity contribution >= 4 is 190 Å². The van der Waals surface area contributed by atoms with Crippen LogP contribution in [0.15, 0.2) is 250 Å². The van der Waals surface area contributed by atoms with E-state index in [1.807, 2.05) is 60.5 Å². The molecule has 4 fully saturated rings. The Bertz CT molecular complexity index is 4630. The van der Waals surface area contributed by atoms with Gasteiger partial charge in [-0.2, -0.15) is 0 Å². The zero-order valence-electron chi connectivity index (χ0n) is 64.4. The maximum absolute atomic E-state index is 12.7. The third-order valence-electron chi connectivity index (χ3n) is 14.5. The van der Waals surface area contributed by atoms with Crippen LogP contribution < -0.4 is 34.9 Å². The zero-order valence-corrected chi connectivity index (χ0v) is 81.2. The van der Waals surface area contributed by atoms with Crippen molar-refractivity contribution in [3.63, 3.8) is 0 Å². The molecule has 0 spiro atoms. The van der Waals surface area contributed by atoms with Crippen LogP contribution in [0.4, 0.5) is 20.1 Å². The van der Waals surface area contributed by atoms with Crippen molar-refractivity contribution in [2.75, 3.05) is 72.4 Å². The summed E-state index contributed by atoms with van der Waals surface area (Å²) >= 11 is 32.1. The fraction of sp³-hybridized carbons (Fsp3) is 0.250. The Labute approximate surface area is 810 Å². The fourth-order valence-corrected chi connectivity index (χ4v) is 10.8. The molecule has 0 unspecified atom stereocenters. The maximum atomic E-state index is 12.7. The number of aliphatic hydroxyl groups is 5. The zero-order chi connectivity index (χ0) is 88.0. The Kier molecular flexibility index (Phi) is 60.7. The van der Waals surface area contributed by atoms with Crippen LogP contribution in [0.25, 0.3) is 6.08 Å². The number of hydrogen-bond acceptors (Lipinski definition) is 26. The molecule has 3 amide bonds. The van der Waals surface area contributed by atoms with Gasteiger partial charge in [-0.15, -0.1) is 32.7 Å². The van der Waals surface area contributed by atoms with E-state index in [4.69, 9.17) is 48.8 Å². The number of aliphatic hydroxyl groups excluding tert-OH is 5. The molecule has 30 nitrogen and oxygen atoms in total. The topological polar surface area (TPSA) is 413 Å². The largest absolute Gasteiger partial charge is 1.00 e. The van der Waals surface area contributed by atoms with E-state index in [9.17, 15) is 39.2 Å². The molecule has 6 N–H and O–H groups in total. The van der Waals surface area contributed by atoms with Gasteiger partial charge in [0.05, 0.1) is 58.7 Å². The first-order valence-corrected chi connectivity index (χ1v) is 43.5. The number of cyclic esters (lactones) is 2. The molecular weight excluding hydrogens is 2270 g/mol. The number of aromatic nitrogens is 7. The molecule has 41 heteroatoms. The summed E-state index contributed by atoms with van der Waals surface area (Å²) in [4.78, 5) is 102. The van der Waals surface area contributed by atoms with E-state index in [0.29, 0.717) is 36.7 Å². The van der Waals surface area contributed by atoms with Crippen molar-refractivity contribution in [2.24, 2.45) is 4.99 Å². The summed E-state index contributed by atoms with van der Waals surface area (Å²) in [6, 6.07) is 29.8. The van der Waals surface area contributed by atoms with Crippen LogP contribution in [-0.2, 0) is 46.0 Å². The number of esters is 1. The van der Waals surface area contributed by atoms with Crippen LogP contribution in [0.1, 0.15) is 77.8 Å². The number of epoxide rings is 2. The standard InChI is InChI=1S/C19H16BrN3O6.2C12H13BrN2O3.C8H8BrNO2.C8H8BrNO.C8H6BrNO.C5H3Br2N.C4H5NO.C3H4O.CH4.Cu.HI.Na.H/c1-2-9-22-16(11-28-19(22)25)17(15-8-5-13(20)10-21-15)29-18(24)12-3-6-14(7-4-12)23(26)27;1-2-5-15-10(7-18-12(15)17)11(16)9-4-3-8(13)6-14-9;1-2-5-14-12(16)17-7-10-11(18-10)9-4-3-8(13)6-15-9;9-5-1-2-6(10-3-5)8-7(4-11)12-8;2*9-7-3-4-8(10-6-7)2-1-5-11;6-4-1-2-5(7)8-3-4;1-2-3-5-4-6;1-2-3-4;;;;;/h2-8,10,16-17H,1,9,11H2;2-4,6,10-11,16H,1,5,7H2;2-4,6,10-11H,1,5,7H2,(H,14,16);1-3,7-8,11H,4H2;1-4,6,11H,5H2;3-4,6,11H,5H2;1-3H;2H,1,3H2;1,4H,3H2;1H4;;1H;;/q;;;;;;;;;;+1;;+1;-1/p-1/b;;;;2-1+;;;;;;;;;/t16-,17-;10-,11+;10-,11-;7-,8-;;;;;;;;;;/m1100........../s1. The molecule has 4 aliphatic rings. The molecule has 4 aliphatic heterocycles. The van der Waals surface area contributed by atoms with Gasteiger partial charge in [0.15, 0.2) is 6.10 Å². The fourth-order valence-electron chi connectivity index (χ4n) is 8.94. The number of nitrogens with zero attached hydrogens (tertiary/aromatic N) is 11. The molecule has 0 saturated carbocycles. The van der Waals surface area contributed by atoms with Crippen molar-refractivity contribution in [3.05, 3.63) is 295 Å². The van der Waals surface area contributed by atoms with Gasteiger partial charge >= 0.3 is 86.9 Å². The Hall–Kier alpha value is -7.04. The summed E-state index contributed by atoms with van der Waals surface area (Å²) in [7, 11) is 0. The van der Waals surface area contributed by atoms with Gasteiger partial charge in [0.25, 0.3) is 5.69 Å². The Morgan fingerprint density at radius 1 is 0.661 bits per heavy atom. The number of nitro groups is 1. The number of isocyanates is 1. The van der Waals surface area contributed by atoms with Crippen molar-refractivity contribution < 1.29 is 127 Å². The molecule has 121 heavy (non-hydrogen) atoms. The third-order valence-corrected chi connectivity index (χ3v) is 18.2. The molecule has 4 saturated heterocycles.